The van der Waals surface area contributed by atoms with Crippen LogP contribution < -0.4 is 16.6 Å². The van der Waals surface area contributed by atoms with Crippen LogP contribution in [-0.2, 0) is 0 Å². The number of hydrogen-bond acceptors (Lipinski definition) is 4. The molecule has 0 fully saturated rings. The summed E-state index contributed by atoms with van der Waals surface area (Å²) in [6, 6.07) is 5.21. The molecule has 6 nitrogen and oxygen atoms in total. The van der Waals surface area contributed by atoms with Gasteiger partial charge in [0, 0.05) is 18.9 Å². The summed E-state index contributed by atoms with van der Waals surface area (Å²) in [5.74, 6) is -0.310. The molecule has 1 atom stereocenters. The van der Waals surface area contributed by atoms with E-state index in [4.69, 9.17) is 5.73 Å². The number of nitrogens with two attached hydrogens (primary N) is 1. The standard InChI is InChI=1S/C15H20N4O2/c1-10(2)15(3,9-16)18-13(20)11-8-17-12-6-4-5-7-19(12)14(11)21/h4-8,10H,9,16H2,1-3H3,(H,18,20). The van der Waals surface area contributed by atoms with Crippen LogP contribution in [0.1, 0.15) is 31.1 Å². The van der Waals surface area contributed by atoms with Crippen LogP contribution in [0.4, 0.5) is 0 Å². The molecular weight excluding hydrogens is 268 g/mol. The molecule has 6 heteroatoms. The molecule has 112 valence electrons. The van der Waals surface area contributed by atoms with Gasteiger partial charge >= 0.3 is 0 Å². The van der Waals surface area contributed by atoms with E-state index in [1.54, 1.807) is 24.4 Å². The highest BCUT2D eigenvalue weighted by Gasteiger charge is 2.29. The van der Waals surface area contributed by atoms with Crippen molar-refractivity contribution in [1.82, 2.24) is 14.7 Å². The van der Waals surface area contributed by atoms with Crippen molar-refractivity contribution < 1.29 is 4.79 Å². The summed E-state index contributed by atoms with van der Waals surface area (Å²) in [5.41, 5.74) is 5.31. The maximum atomic E-state index is 12.4. The average molecular weight is 288 g/mol. The smallest absolute Gasteiger partial charge is 0.270 e. The summed E-state index contributed by atoms with van der Waals surface area (Å²) in [4.78, 5) is 28.8. The van der Waals surface area contributed by atoms with Crippen LogP contribution in [-0.4, -0.2) is 27.4 Å². The van der Waals surface area contributed by atoms with Crippen molar-refractivity contribution in [2.75, 3.05) is 6.54 Å². The van der Waals surface area contributed by atoms with Crippen molar-refractivity contribution in [2.45, 2.75) is 26.3 Å². The largest absolute Gasteiger partial charge is 0.345 e. The first-order valence-corrected chi connectivity index (χ1v) is 6.88. The quantitative estimate of drug-likeness (QED) is 0.870. The molecule has 0 saturated heterocycles. The number of nitrogens with zero attached hydrogens (tertiary/aromatic N) is 2. The molecule has 3 N–H and O–H groups in total. The monoisotopic (exact) mass is 288 g/mol. The molecule has 0 aliphatic rings. The predicted octanol–water partition coefficient (Wildman–Crippen LogP) is 0.798. The van der Waals surface area contributed by atoms with E-state index in [0.717, 1.165) is 0 Å². The van der Waals surface area contributed by atoms with Crippen LogP contribution in [0.2, 0.25) is 0 Å². The number of carbonyl (C=O) groups is 1. The van der Waals surface area contributed by atoms with Crippen LogP contribution in [0, 0.1) is 5.92 Å². The SMILES string of the molecule is CC(C)C(C)(CN)NC(=O)c1cnc2ccccn2c1=O. The van der Waals surface area contributed by atoms with E-state index < -0.39 is 11.4 Å². The molecule has 2 heterocycles. The third-order valence-electron chi connectivity index (χ3n) is 3.96. The van der Waals surface area contributed by atoms with E-state index in [2.05, 4.69) is 10.3 Å². The van der Waals surface area contributed by atoms with E-state index in [1.807, 2.05) is 20.8 Å². The first-order chi connectivity index (χ1) is 9.89. The van der Waals surface area contributed by atoms with Crippen molar-refractivity contribution in [3.8, 4) is 0 Å². The zero-order valence-corrected chi connectivity index (χ0v) is 12.5. The summed E-state index contributed by atoms with van der Waals surface area (Å²) in [5, 5.41) is 2.85. The second kappa shape index (κ2) is 5.65. The number of rotatable bonds is 4. The van der Waals surface area contributed by atoms with Gasteiger partial charge in [0.2, 0.25) is 0 Å². The van der Waals surface area contributed by atoms with Crippen molar-refractivity contribution in [1.29, 1.82) is 0 Å². The van der Waals surface area contributed by atoms with Crippen molar-refractivity contribution in [3.63, 3.8) is 0 Å². The summed E-state index contributed by atoms with van der Waals surface area (Å²) in [7, 11) is 0. The van der Waals surface area contributed by atoms with Gasteiger partial charge in [0.15, 0.2) is 0 Å². The minimum absolute atomic E-state index is 0.0130. The van der Waals surface area contributed by atoms with Crippen LogP contribution in [0.3, 0.4) is 0 Å². The van der Waals surface area contributed by atoms with Crippen molar-refractivity contribution in [2.24, 2.45) is 11.7 Å². The Hall–Kier alpha value is -2.21. The molecule has 2 rings (SSSR count). The Morgan fingerprint density at radius 3 is 2.81 bits per heavy atom. The third kappa shape index (κ3) is 2.80. The second-order valence-electron chi connectivity index (χ2n) is 5.64. The van der Waals surface area contributed by atoms with E-state index in [1.165, 1.54) is 10.6 Å². The number of hydrogen-bond donors (Lipinski definition) is 2. The molecule has 0 aliphatic heterocycles. The fraction of sp³-hybridized carbons (Fsp3) is 0.400. The summed E-state index contributed by atoms with van der Waals surface area (Å²) in [6.07, 6.45) is 2.90. The van der Waals surface area contributed by atoms with Crippen LogP contribution in [0.5, 0.6) is 0 Å². The summed E-state index contributed by atoms with van der Waals surface area (Å²) >= 11 is 0. The number of fused-ring (bicyclic) bond motifs is 1. The molecule has 0 radical (unpaired) electrons. The molecule has 1 unspecified atom stereocenters. The Balaban J connectivity index is 2.41. The number of aromatic nitrogens is 2. The number of amides is 1. The van der Waals surface area contributed by atoms with Crippen molar-refractivity contribution >= 4 is 11.6 Å². The Morgan fingerprint density at radius 1 is 1.48 bits per heavy atom. The summed E-state index contributed by atoms with van der Waals surface area (Å²) in [6.45, 7) is 6.09. The normalized spacial score (nSPS) is 14.1. The molecule has 0 saturated carbocycles. The van der Waals surface area contributed by atoms with Crippen molar-refractivity contribution in [3.05, 3.63) is 46.5 Å². The van der Waals surface area contributed by atoms with Crippen LogP contribution in [0.25, 0.3) is 5.65 Å². The van der Waals surface area contributed by atoms with Gasteiger partial charge in [-0.3, -0.25) is 14.0 Å². The molecule has 2 aromatic heterocycles. The molecule has 0 aliphatic carbocycles. The highest BCUT2D eigenvalue weighted by molar-refractivity contribution is 5.94. The molecule has 2 aromatic rings. The Kier molecular flexibility index (Phi) is 4.09. The molecule has 21 heavy (non-hydrogen) atoms. The van der Waals surface area contributed by atoms with Gasteiger partial charge in [0.05, 0.1) is 5.54 Å². The maximum Gasteiger partial charge on any atom is 0.270 e. The fourth-order valence-corrected chi connectivity index (χ4v) is 1.94. The number of carbonyl (C=O) groups excluding carboxylic acids is 1. The predicted molar refractivity (Wildman–Crippen MR) is 81.2 cm³/mol. The molecular formula is C15H20N4O2. The van der Waals surface area contributed by atoms with Gasteiger partial charge in [-0.1, -0.05) is 19.9 Å². The van der Waals surface area contributed by atoms with E-state index >= 15 is 0 Å². The fourth-order valence-electron chi connectivity index (χ4n) is 1.94. The van der Waals surface area contributed by atoms with E-state index in [9.17, 15) is 9.59 Å². The number of nitrogens with one attached hydrogen (secondary N) is 1. The molecule has 0 bridgehead atoms. The lowest BCUT2D eigenvalue weighted by atomic mass is 9.88. The van der Waals surface area contributed by atoms with Gasteiger partial charge < -0.3 is 11.1 Å². The highest BCUT2D eigenvalue weighted by Crippen LogP contribution is 2.15. The maximum absolute atomic E-state index is 12.4. The Labute approximate surface area is 123 Å². The van der Waals surface area contributed by atoms with Gasteiger partial charge in [-0.05, 0) is 25.0 Å². The second-order valence-corrected chi connectivity index (χ2v) is 5.64. The Bertz CT molecular complexity index is 723. The first-order valence-electron chi connectivity index (χ1n) is 6.88. The van der Waals surface area contributed by atoms with Gasteiger partial charge in [-0.15, -0.1) is 0 Å². The zero-order chi connectivity index (χ0) is 15.6. The summed E-state index contributed by atoms with van der Waals surface area (Å²) < 4.78 is 1.35. The lowest BCUT2D eigenvalue weighted by Gasteiger charge is -2.33. The minimum atomic E-state index is -0.570. The van der Waals surface area contributed by atoms with E-state index in [-0.39, 0.29) is 17.0 Å². The van der Waals surface area contributed by atoms with Crippen LogP contribution >= 0.6 is 0 Å². The van der Waals surface area contributed by atoms with Gasteiger partial charge in [0.1, 0.15) is 11.2 Å². The molecule has 1 amide bonds. The zero-order valence-electron chi connectivity index (χ0n) is 12.5. The molecule has 0 spiro atoms. The topological polar surface area (TPSA) is 89.5 Å². The minimum Gasteiger partial charge on any atom is -0.345 e. The van der Waals surface area contributed by atoms with Gasteiger partial charge in [0.25, 0.3) is 11.5 Å². The lowest BCUT2D eigenvalue weighted by Crippen LogP contribution is -2.55. The van der Waals surface area contributed by atoms with Gasteiger partial charge in [-0.2, -0.15) is 0 Å². The Morgan fingerprint density at radius 2 is 2.19 bits per heavy atom. The lowest BCUT2D eigenvalue weighted by molar-refractivity contribution is 0.0881. The average Bonchev–Trinajstić information content (AvgIpc) is 2.47. The highest BCUT2D eigenvalue weighted by atomic mass is 16.2. The van der Waals surface area contributed by atoms with Gasteiger partial charge in [-0.25, -0.2) is 4.98 Å². The molecule has 0 aromatic carbocycles. The van der Waals surface area contributed by atoms with E-state index in [0.29, 0.717) is 12.2 Å². The number of pyridine rings is 1. The first kappa shape index (κ1) is 15.2. The third-order valence-corrected chi connectivity index (χ3v) is 3.96. The van der Waals surface area contributed by atoms with Crippen LogP contribution in [0.15, 0.2) is 35.4 Å².